The molecule has 148 valence electrons. The fourth-order valence-electron chi connectivity index (χ4n) is 1.97. The van der Waals surface area contributed by atoms with E-state index in [1.165, 1.54) is 12.1 Å². The Morgan fingerprint density at radius 2 is 1.78 bits per heavy atom. The Labute approximate surface area is 161 Å². The molecule has 0 unspecified atom stereocenters. The van der Waals surface area contributed by atoms with Gasteiger partial charge in [-0.1, -0.05) is 29.8 Å². The summed E-state index contributed by atoms with van der Waals surface area (Å²) in [4.78, 5) is 4.03. The lowest BCUT2D eigenvalue weighted by Gasteiger charge is -2.09. The first-order chi connectivity index (χ1) is 12.6. The van der Waals surface area contributed by atoms with Crippen molar-refractivity contribution in [3.63, 3.8) is 0 Å². The van der Waals surface area contributed by atoms with Gasteiger partial charge in [0.1, 0.15) is 5.75 Å². The topological polar surface area (TPSA) is 96.7 Å². The molecule has 0 aliphatic carbocycles. The molecule has 7 heteroatoms. The van der Waals surface area contributed by atoms with Gasteiger partial charge in [-0.05, 0) is 57.9 Å². The summed E-state index contributed by atoms with van der Waals surface area (Å²) in [5.41, 5.74) is 1.94. The van der Waals surface area contributed by atoms with Crippen LogP contribution in [0.2, 0.25) is 0 Å². The maximum atomic E-state index is 10.5. The Kier molecular flexibility index (Phi) is 9.14. The van der Waals surface area contributed by atoms with Crippen molar-refractivity contribution in [2.75, 3.05) is 0 Å². The number of hydrogen-bond donors (Lipinski definition) is 2. The van der Waals surface area contributed by atoms with Gasteiger partial charge in [0, 0.05) is 6.20 Å². The minimum Gasteiger partial charge on any atom is -0.489 e. The lowest BCUT2D eigenvalue weighted by Crippen LogP contribution is -2.05. The van der Waals surface area contributed by atoms with Crippen molar-refractivity contribution in [3.05, 3.63) is 59.9 Å². The van der Waals surface area contributed by atoms with Crippen LogP contribution >= 0.6 is 0 Å². The highest BCUT2D eigenvalue weighted by Crippen LogP contribution is 2.14. The summed E-state index contributed by atoms with van der Waals surface area (Å²) in [6, 6.07) is 7.92. The van der Waals surface area contributed by atoms with E-state index in [0.717, 1.165) is 16.9 Å². The van der Waals surface area contributed by atoms with Crippen molar-refractivity contribution in [1.82, 2.24) is 4.98 Å². The summed E-state index contributed by atoms with van der Waals surface area (Å²) in [6.07, 6.45) is 7.83. The van der Waals surface area contributed by atoms with Crippen molar-refractivity contribution in [1.29, 1.82) is 0 Å². The molecule has 1 aromatic heterocycles. The Morgan fingerprint density at radius 1 is 1.15 bits per heavy atom. The largest absolute Gasteiger partial charge is 0.489 e. The van der Waals surface area contributed by atoms with E-state index >= 15 is 0 Å². The van der Waals surface area contributed by atoms with Crippen LogP contribution in [-0.4, -0.2) is 35.3 Å². The van der Waals surface area contributed by atoms with Crippen molar-refractivity contribution in [2.24, 2.45) is 0 Å². The lowest BCUT2D eigenvalue weighted by atomic mass is 10.2. The Balaban J connectivity index is 0.000000289. The molecule has 0 bridgehead atoms. The third kappa shape index (κ3) is 9.89. The van der Waals surface area contributed by atoms with Gasteiger partial charge in [0.2, 0.25) is 0 Å². The van der Waals surface area contributed by atoms with E-state index in [1.54, 1.807) is 31.5 Å². The number of ether oxygens (including phenoxy) is 1. The van der Waals surface area contributed by atoms with Crippen LogP contribution in [0, 0.1) is 6.92 Å². The quantitative estimate of drug-likeness (QED) is 0.723. The summed E-state index contributed by atoms with van der Waals surface area (Å²) >= 11 is 0. The molecule has 0 fully saturated rings. The van der Waals surface area contributed by atoms with E-state index in [4.69, 9.17) is 14.4 Å². The normalized spacial score (nSPS) is 12.6. The number of benzene rings is 1. The van der Waals surface area contributed by atoms with Crippen molar-refractivity contribution >= 4 is 16.2 Å². The standard InChI is InChI=1S/C13H19NO2.C7H8O3S/c1-10(2)16-13-7-12(8-14-9-13)6-4-5-11(3)15;1-6-2-4-7(5-3-6)11(8,9)10/h4,6-11,15H,5H2,1-3H3;2-5H,1H3,(H,8,9,10)/t11-;/m1./s1. The van der Waals surface area contributed by atoms with Crippen LogP contribution < -0.4 is 4.74 Å². The molecule has 6 nitrogen and oxygen atoms in total. The van der Waals surface area contributed by atoms with E-state index in [-0.39, 0.29) is 17.1 Å². The fourth-order valence-corrected chi connectivity index (χ4v) is 2.45. The van der Waals surface area contributed by atoms with Gasteiger partial charge >= 0.3 is 0 Å². The number of aliphatic hydroxyl groups excluding tert-OH is 1. The number of aromatic nitrogens is 1. The zero-order valence-electron chi connectivity index (χ0n) is 16.0. The minimum absolute atomic E-state index is 0.0666. The van der Waals surface area contributed by atoms with Gasteiger partial charge in [-0.25, -0.2) is 0 Å². The Bertz CT molecular complexity index is 828. The maximum absolute atomic E-state index is 10.5. The first-order valence-corrected chi connectivity index (χ1v) is 10.0. The summed E-state index contributed by atoms with van der Waals surface area (Å²) in [6.45, 7) is 7.57. The van der Waals surface area contributed by atoms with Crippen LogP contribution in [0.1, 0.15) is 38.3 Å². The number of hydrogen-bond acceptors (Lipinski definition) is 5. The van der Waals surface area contributed by atoms with E-state index in [2.05, 4.69) is 4.98 Å². The fraction of sp³-hybridized carbons (Fsp3) is 0.350. The molecule has 0 radical (unpaired) electrons. The molecule has 1 heterocycles. The zero-order valence-corrected chi connectivity index (χ0v) is 16.8. The second-order valence-corrected chi connectivity index (χ2v) is 7.82. The molecular formula is C20H27NO5S. The van der Waals surface area contributed by atoms with Gasteiger partial charge in [0.25, 0.3) is 10.1 Å². The van der Waals surface area contributed by atoms with E-state index in [0.29, 0.717) is 6.42 Å². The third-order valence-corrected chi connectivity index (χ3v) is 4.08. The number of pyridine rings is 1. The molecular weight excluding hydrogens is 366 g/mol. The molecule has 0 saturated carbocycles. The molecule has 1 atom stereocenters. The van der Waals surface area contributed by atoms with Crippen molar-refractivity contribution in [3.8, 4) is 5.75 Å². The second kappa shape index (κ2) is 10.8. The van der Waals surface area contributed by atoms with Gasteiger partial charge in [-0.15, -0.1) is 0 Å². The summed E-state index contributed by atoms with van der Waals surface area (Å²) < 4.78 is 35.1. The number of aryl methyl sites for hydroxylation is 1. The van der Waals surface area contributed by atoms with Crippen LogP contribution in [0.3, 0.4) is 0 Å². The monoisotopic (exact) mass is 393 g/mol. The average Bonchev–Trinajstić information content (AvgIpc) is 2.54. The smallest absolute Gasteiger partial charge is 0.294 e. The summed E-state index contributed by atoms with van der Waals surface area (Å²) in [5.74, 6) is 0.772. The van der Waals surface area contributed by atoms with Gasteiger partial charge in [-0.3, -0.25) is 9.54 Å². The van der Waals surface area contributed by atoms with Gasteiger partial charge in [0.15, 0.2) is 0 Å². The Hall–Kier alpha value is -2.22. The molecule has 1 aromatic carbocycles. The van der Waals surface area contributed by atoms with Crippen LogP contribution in [-0.2, 0) is 10.1 Å². The van der Waals surface area contributed by atoms with Crippen LogP contribution in [0.5, 0.6) is 5.75 Å². The molecule has 0 spiro atoms. The highest BCUT2D eigenvalue weighted by atomic mass is 32.2. The summed E-state index contributed by atoms with van der Waals surface area (Å²) in [7, 11) is -4.02. The molecule has 0 aliphatic rings. The minimum atomic E-state index is -4.02. The first-order valence-electron chi connectivity index (χ1n) is 8.58. The predicted molar refractivity (Wildman–Crippen MR) is 106 cm³/mol. The highest BCUT2D eigenvalue weighted by Gasteiger charge is 2.06. The third-order valence-electron chi connectivity index (χ3n) is 3.21. The van der Waals surface area contributed by atoms with Crippen molar-refractivity contribution in [2.45, 2.75) is 51.2 Å². The van der Waals surface area contributed by atoms with Gasteiger partial charge in [-0.2, -0.15) is 8.42 Å². The van der Waals surface area contributed by atoms with Crippen LogP contribution in [0.25, 0.3) is 6.08 Å². The SMILES string of the molecule is CC(C)Oc1cncc(C=CC[C@@H](C)O)c1.Cc1ccc(S(=O)(=O)O)cc1. The first kappa shape index (κ1) is 22.8. The lowest BCUT2D eigenvalue weighted by molar-refractivity contribution is 0.199. The molecule has 2 N–H and O–H groups in total. The summed E-state index contributed by atoms with van der Waals surface area (Å²) in [5, 5.41) is 9.11. The number of rotatable bonds is 6. The molecule has 0 saturated heterocycles. The van der Waals surface area contributed by atoms with E-state index in [1.807, 2.05) is 39.0 Å². The van der Waals surface area contributed by atoms with E-state index < -0.39 is 10.1 Å². The second-order valence-electron chi connectivity index (χ2n) is 6.40. The number of aliphatic hydroxyl groups is 1. The molecule has 2 aromatic rings. The van der Waals surface area contributed by atoms with Crippen molar-refractivity contribution < 1.29 is 22.8 Å². The maximum Gasteiger partial charge on any atom is 0.294 e. The average molecular weight is 394 g/mol. The Morgan fingerprint density at radius 3 is 2.30 bits per heavy atom. The van der Waals surface area contributed by atoms with Gasteiger partial charge in [0.05, 0.1) is 23.3 Å². The molecule has 27 heavy (non-hydrogen) atoms. The van der Waals surface area contributed by atoms with Gasteiger partial charge < -0.3 is 9.84 Å². The molecule has 0 amide bonds. The molecule has 2 rings (SSSR count). The van der Waals surface area contributed by atoms with Crippen LogP contribution in [0.4, 0.5) is 0 Å². The van der Waals surface area contributed by atoms with E-state index in [9.17, 15) is 8.42 Å². The predicted octanol–water partition coefficient (Wildman–Crippen LogP) is 3.89. The van der Waals surface area contributed by atoms with Crippen LogP contribution in [0.15, 0.2) is 53.7 Å². The molecule has 0 aliphatic heterocycles. The number of nitrogens with zero attached hydrogens (tertiary/aromatic N) is 1. The zero-order chi connectivity index (χ0) is 20.4. The highest BCUT2D eigenvalue weighted by molar-refractivity contribution is 7.85.